The molecule has 0 aromatic heterocycles. The van der Waals surface area contributed by atoms with E-state index < -0.39 is 5.60 Å². The molecule has 0 aromatic carbocycles. The summed E-state index contributed by atoms with van der Waals surface area (Å²) in [6.45, 7) is 3.94. The first kappa shape index (κ1) is 12.1. The van der Waals surface area contributed by atoms with Gasteiger partial charge >= 0.3 is 11.9 Å². The molecule has 2 rings (SSSR count). The van der Waals surface area contributed by atoms with Crippen molar-refractivity contribution in [2.75, 3.05) is 6.61 Å². The highest BCUT2D eigenvalue weighted by molar-refractivity contribution is 5.94. The van der Waals surface area contributed by atoms with E-state index in [1.165, 1.54) is 0 Å². The normalized spacial score (nSPS) is 27.8. The van der Waals surface area contributed by atoms with Crippen LogP contribution in [0.5, 0.6) is 0 Å². The van der Waals surface area contributed by atoms with E-state index >= 15 is 0 Å². The van der Waals surface area contributed by atoms with Gasteiger partial charge in [0.25, 0.3) is 0 Å². The Balaban J connectivity index is 2.18. The van der Waals surface area contributed by atoms with E-state index in [4.69, 9.17) is 9.47 Å². The molecule has 1 aliphatic carbocycles. The van der Waals surface area contributed by atoms with Gasteiger partial charge in [-0.3, -0.25) is 4.79 Å². The SMILES string of the molecule is CCOC(=O)C[C@@]1(C)OC(=O)C2=C1CCCC2. The zero-order valence-corrected chi connectivity index (χ0v) is 10.4. The molecule has 0 unspecified atom stereocenters. The highest BCUT2D eigenvalue weighted by Gasteiger charge is 2.45. The van der Waals surface area contributed by atoms with Crippen molar-refractivity contribution in [2.24, 2.45) is 0 Å². The van der Waals surface area contributed by atoms with E-state index in [0.29, 0.717) is 6.61 Å². The highest BCUT2D eigenvalue weighted by atomic mass is 16.6. The van der Waals surface area contributed by atoms with Gasteiger partial charge in [-0.25, -0.2) is 4.79 Å². The first-order valence-corrected chi connectivity index (χ1v) is 6.18. The van der Waals surface area contributed by atoms with Crippen LogP contribution >= 0.6 is 0 Å². The molecule has 17 heavy (non-hydrogen) atoms. The number of hydrogen-bond acceptors (Lipinski definition) is 4. The third-order valence-electron chi connectivity index (χ3n) is 3.46. The van der Waals surface area contributed by atoms with Gasteiger partial charge in [0, 0.05) is 5.57 Å². The lowest BCUT2D eigenvalue weighted by molar-refractivity contribution is -0.154. The van der Waals surface area contributed by atoms with Crippen molar-refractivity contribution in [3.8, 4) is 0 Å². The maximum Gasteiger partial charge on any atom is 0.334 e. The molecule has 94 valence electrons. The van der Waals surface area contributed by atoms with Crippen LogP contribution in [0, 0.1) is 0 Å². The van der Waals surface area contributed by atoms with Gasteiger partial charge < -0.3 is 9.47 Å². The summed E-state index contributed by atoms with van der Waals surface area (Å²) in [5, 5.41) is 0. The molecule has 0 saturated heterocycles. The lowest BCUT2D eigenvalue weighted by Gasteiger charge is -2.26. The summed E-state index contributed by atoms with van der Waals surface area (Å²) in [6, 6.07) is 0. The Morgan fingerprint density at radius 1 is 1.41 bits per heavy atom. The maximum atomic E-state index is 11.7. The van der Waals surface area contributed by atoms with Gasteiger partial charge in [0.05, 0.1) is 13.0 Å². The van der Waals surface area contributed by atoms with Crippen LogP contribution in [0.25, 0.3) is 0 Å². The van der Waals surface area contributed by atoms with Crippen LogP contribution in [-0.2, 0) is 19.1 Å². The standard InChI is InChI=1S/C13H18O4/c1-3-16-11(14)8-13(2)10-7-5-4-6-9(10)12(15)17-13/h3-8H2,1-2H3/t13-/m1/s1. The number of carbonyl (C=O) groups is 2. The van der Waals surface area contributed by atoms with E-state index in [0.717, 1.165) is 36.8 Å². The van der Waals surface area contributed by atoms with Gasteiger partial charge in [-0.1, -0.05) is 0 Å². The Labute approximate surface area is 101 Å². The van der Waals surface area contributed by atoms with Crippen LogP contribution in [0.15, 0.2) is 11.1 Å². The van der Waals surface area contributed by atoms with Gasteiger partial charge in [-0.2, -0.15) is 0 Å². The molecule has 0 N–H and O–H groups in total. The fourth-order valence-corrected chi connectivity index (χ4v) is 2.67. The summed E-state index contributed by atoms with van der Waals surface area (Å²) in [4.78, 5) is 23.3. The van der Waals surface area contributed by atoms with Crippen LogP contribution in [-0.4, -0.2) is 24.1 Å². The van der Waals surface area contributed by atoms with Gasteiger partial charge in [0.1, 0.15) is 5.60 Å². The molecule has 1 heterocycles. The molecule has 1 atom stereocenters. The second kappa shape index (κ2) is 4.51. The molecule has 0 bridgehead atoms. The van der Waals surface area contributed by atoms with Gasteiger partial charge in [-0.15, -0.1) is 0 Å². The summed E-state index contributed by atoms with van der Waals surface area (Å²) in [7, 11) is 0. The van der Waals surface area contributed by atoms with E-state index in [9.17, 15) is 9.59 Å². The first-order valence-electron chi connectivity index (χ1n) is 6.18. The minimum absolute atomic E-state index is 0.130. The number of hydrogen-bond donors (Lipinski definition) is 0. The average Bonchev–Trinajstić information content (AvgIpc) is 2.52. The number of rotatable bonds is 3. The lowest BCUT2D eigenvalue weighted by atomic mass is 9.82. The molecule has 4 nitrogen and oxygen atoms in total. The maximum absolute atomic E-state index is 11.7. The molecule has 0 amide bonds. The smallest absolute Gasteiger partial charge is 0.334 e. The van der Waals surface area contributed by atoms with Crippen LogP contribution in [0.2, 0.25) is 0 Å². The number of carbonyl (C=O) groups excluding carboxylic acids is 2. The Kier molecular flexibility index (Phi) is 3.22. The Hall–Kier alpha value is -1.32. The highest BCUT2D eigenvalue weighted by Crippen LogP contribution is 2.42. The quantitative estimate of drug-likeness (QED) is 0.707. The van der Waals surface area contributed by atoms with Crippen LogP contribution in [0.1, 0.15) is 46.0 Å². The summed E-state index contributed by atoms with van der Waals surface area (Å²) >= 11 is 0. The molecule has 0 aromatic rings. The molecule has 0 saturated carbocycles. The predicted octanol–water partition coefficient (Wildman–Crippen LogP) is 2.13. The summed E-state index contributed by atoms with van der Waals surface area (Å²) in [5.74, 6) is -0.548. The predicted molar refractivity (Wildman–Crippen MR) is 61.2 cm³/mol. The first-order chi connectivity index (χ1) is 8.07. The van der Waals surface area contributed by atoms with Crippen molar-refractivity contribution < 1.29 is 19.1 Å². The monoisotopic (exact) mass is 238 g/mol. The largest absolute Gasteiger partial charge is 0.466 e. The van der Waals surface area contributed by atoms with Crippen LogP contribution < -0.4 is 0 Å². The topological polar surface area (TPSA) is 52.6 Å². The molecule has 4 heteroatoms. The van der Waals surface area contributed by atoms with Gasteiger partial charge in [0.2, 0.25) is 0 Å². The minimum atomic E-state index is -0.765. The fourth-order valence-electron chi connectivity index (χ4n) is 2.67. The van der Waals surface area contributed by atoms with Crippen LogP contribution in [0.4, 0.5) is 0 Å². The molecule has 0 spiro atoms. The summed E-state index contributed by atoms with van der Waals surface area (Å²) in [6.07, 6.45) is 3.87. The third kappa shape index (κ3) is 2.21. The van der Waals surface area contributed by atoms with E-state index in [1.807, 2.05) is 6.92 Å². The molecular formula is C13H18O4. The zero-order valence-electron chi connectivity index (χ0n) is 10.4. The Morgan fingerprint density at radius 2 is 2.12 bits per heavy atom. The molecule has 2 aliphatic rings. The second-order valence-corrected chi connectivity index (χ2v) is 4.77. The average molecular weight is 238 g/mol. The van der Waals surface area contributed by atoms with Gasteiger partial charge in [0.15, 0.2) is 0 Å². The van der Waals surface area contributed by atoms with Crippen LogP contribution in [0.3, 0.4) is 0 Å². The van der Waals surface area contributed by atoms with Crippen molar-refractivity contribution >= 4 is 11.9 Å². The number of ether oxygens (including phenoxy) is 2. The van der Waals surface area contributed by atoms with Crippen molar-refractivity contribution in [3.05, 3.63) is 11.1 Å². The number of cyclic esters (lactones) is 1. The lowest BCUT2D eigenvalue weighted by Crippen LogP contribution is -2.32. The second-order valence-electron chi connectivity index (χ2n) is 4.77. The van der Waals surface area contributed by atoms with Crippen molar-refractivity contribution in [3.63, 3.8) is 0 Å². The van der Waals surface area contributed by atoms with E-state index in [2.05, 4.69) is 0 Å². The Morgan fingerprint density at radius 3 is 2.82 bits per heavy atom. The molecule has 1 aliphatic heterocycles. The molecule has 0 radical (unpaired) electrons. The minimum Gasteiger partial charge on any atom is -0.466 e. The Bertz CT molecular complexity index is 383. The van der Waals surface area contributed by atoms with E-state index in [-0.39, 0.29) is 18.4 Å². The molecular weight excluding hydrogens is 220 g/mol. The van der Waals surface area contributed by atoms with Gasteiger partial charge in [-0.05, 0) is 45.1 Å². The van der Waals surface area contributed by atoms with Crippen molar-refractivity contribution in [1.82, 2.24) is 0 Å². The number of esters is 2. The van der Waals surface area contributed by atoms with E-state index in [1.54, 1.807) is 6.92 Å². The van der Waals surface area contributed by atoms with Crippen molar-refractivity contribution in [2.45, 2.75) is 51.6 Å². The molecule has 0 fully saturated rings. The zero-order chi connectivity index (χ0) is 12.5. The summed E-state index contributed by atoms with van der Waals surface area (Å²) < 4.78 is 10.3. The summed E-state index contributed by atoms with van der Waals surface area (Å²) in [5.41, 5.74) is 1.05. The third-order valence-corrected chi connectivity index (χ3v) is 3.46. The fraction of sp³-hybridized carbons (Fsp3) is 0.692. The van der Waals surface area contributed by atoms with Crippen molar-refractivity contribution in [1.29, 1.82) is 0 Å².